The van der Waals surface area contributed by atoms with Gasteiger partial charge in [0.1, 0.15) is 6.10 Å². The van der Waals surface area contributed by atoms with E-state index in [1.165, 1.54) is 7.11 Å². The minimum Gasteiger partial charge on any atom is -0.388 e. The van der Waals surface area contributed by atoms with E-state index in [1.54, 1.807) is 6.92 Å². The summed E-state index contributed by atoms with van der Waals surface area (Å²) in [5.74, 6) is -0.197. The fourth-order valence-corrected chi connectivity index (χ4v) is 1.43. The third-order valence-electron chi connectivity index (χ3n) is 2.74. The van der Waals surface area contributed by atoms with Gasteiger partial charge in [-0.25, -0.2) is 0 Å². The molecule has 1 heterocycles. The Balaban J connectivity index is 2.31. The smallest absolute Gasteiger partial charge is 0.248 e. The number of hydrogen-bond acceptors (Lipinski definition) is 4. The van der Waals surface area contributed by atoms with Crippen molar-refractivity contribution >= 4 is 5.91 Å². The largest absolute Gasteiger partial charge is 0.388 e. The lowest BCUT2D eigenvalue weighted by atomic mass is 9.94. The van der Waals surface area contributed by atoms with Crippen molar-refractivity contribution in [3.05, 3.63) is 0 Å². The van der Waals surface area contributed by atoms with Crippen molar-refractivity contribution in [2.24, 2.45) is 0 Å². The Kier molecular flexibility index (Phi) is 4.50. The molecule has 1 aliphatic rings. The molecule has 0 bridgehead atoms. The lowest BCUT2D eigenvalue weighted by molar-refractivity contribution is -0.132. The summed E-state index contributed by atoms with van der Waals surface area (Å²) >= 11 is 0. The van der Waals surface area contributed by atoms with Crippen LogP contribution in [0.5, 0.6) is 0 Å². The van der Waals surface area contributed by atoms with Crippen molar-refractivity contribution in [3.63, 3.8) is 0 Å². The van der Waals surface area contributed by atoms with Gasteiger partial charge in [-0.3, -0.25) is 4.79 Å². The fourth-order valence-electron chi connectivity index (χ4n) is 1.43. The number of hydrogen-bond donors (Lipinski definition) is 2. The molecule has 0 aromatic heterocycles. The van der Waals surface area contributed by atoms with Gasteiger partial charge in [-0.1, -0.05) is 0 Å². The first-order chi connectivity index (χ1) is 7.07. The zero-order valence-corrected chi connectivity index (χ0v) is 9.28. The maximum absolute atomic E-state index is 11.4. The first kappa shape index (κ1) is 12.4. The topological polar surface area (TPSA) is 67.8 Å². The van der Waals surface area contributed by atoms with Gasteiger partial charge in [-0.2, -0.15) is 0 Å². The lowest BCUT2D eigenvalue weighted by Gasteiger charge is -2.32. The molecule has 15 heavy (non-hydrogen) atoms. The average Bonchev–Trinajstić information content (AvgIpc) is 2.26. The number of aliphatic hydroxyl groups is 1. The van der Waals surface area contributed by atoms with E-state index in [9.17, 15) is 9.90 Å². The maximum atomic E-state index is 11.4. The van der Waals surface area contributed by atoms with E-state index in [0.29, 0.717) is 26.1 Å². The highest BCUT2D eigenvalue weighted by atomic mass is 16.5. The van der Waals surface area contributed by atoms with Crippen molar-refractivity contribution < 1.29 is 19.4 Å². The number of methoxy groups -OCH3 is 1. The third kappa shape index (κ3) is 3.77. The summed E-state index contributed by atoms with van der Waals surface area (Å²) in [6.45, 7) is 3.03. The fraction of sp³-hybridized carbons (Fsp3) is 0.900. The second kappa shape index (κ2) is 5.44. The molecule has 1 amide bonds. The molecule has 1 atom stereocenters. The standard InChI is InChI=1S/C10H19NO4/c1-8(14-2)9(12)11-7-10(13)3-5-15-6-4-10/h8,13H,3-7H2,1-2H3,(H,11,12). The van der Waals surface area contributed by atoms with E-state index in [-0.39, 0.29) is 12.5 Å². The van der Waals surface area contributed by atoms with Crippen LogP contribution in [-0.4, -0.2) is 49.6 Å². The molecule has 0 saturated carbocycles. The van der Waals surface area contributed by atoms with E-state index in [4.69, 9.17) is 9.47 Å². The van der Waals surface area contributed by atoms with E-state index in [0.717, 1.165) is 0 Å². The van der Waals surface area contributed by atoms with Crippen LogP contribution in [0.15, 0.2) is 0 Å². The van der Waals surface area contributed by atoms with Crippen LogP contribution in [0.4, 0.5) is 0 Å². The molecule has 0 radical (unpaired) electrons. The van der Waals surface area contributed by atoms with E-state index in [2.05, 4.69) is 5.32 Å². The zero-order chi connectivity index (χ0) is 11.3. The quantitative estimate of drug-likeness (QED) is 0.677. The number of nitrogens with one attached hydrogen (secondary N) is 1. The maximum Gasteiger partial charge on any atom is 0.248 e. The first-order valence-corrected chi connectivity index (χ1v) is 5.18. The summed E-state index contributed by atoms with van der Waals surface area (Å²) in [6, 6.07) is 0. The summed E-state index contributed by atoms with van der Waals surface area (Å²) in [5, 5.41) is 12.7. The Morgan fingerprint density at radius 3 is 2.73 bits per heavy atom. The molecule has 1 saturated heterocycles. The molecule has 88 valence electrons. The van der Waals surface area contributed by atoms with Crippen LogP contribution in [0.3, 0.4) is 0 Å². The summed E-state index contributed by atoms with van der Waals surface area (Å²) < 4.78 is 10.0. The summed E-state index contributed by atoms with van der Waals surface area (Å²) in [7, 11) is 1.48. The number of carbonyl (C=O) groups is 1. The summed E-state index contributed by atoms with van der Waals surface area (Å²) in [6.07, 6.45) is 0.650. The number of rotatable bonds is 4. The monoisotopic (exact) mass is 217 g/mol. The van der Waals surface area contributed by atoms with Gasteiger partial charge in [-0.05, 0) is 6.92 Å². The molecular formula is C10H19NO4. The van der Waals surface area contributed by atoms with Gasteiger partial charge in [0.25, 0.3) is 0 Å². The molecule has 5 heteroatoms. The normalized spacial score (nSPS) is 22.1. The predicted octanol–water partition coefficient (Wildman–Crippen LogP) is -0.321. The van der Waals surface area contributed by atoms with Gasteiger partial charge in [-0.15, -0.1) is 0 Å². The van der Waals surface area contributed by atoms with Crippen molar-refractivity contribution in [1.82, 2.24) is 5.32 Å². The highest BCUT2D eigenvalue weighted by molar-refractivity contribution is 5.80. The Labute approximate surface area is 89.8 Å². The minimum atomic E-state index is -0.818. The van der Waals surface area contributed by atoms with Crippen molar-refractivity contribution in [3.8, 4) is 0 Å². The third-order valence-corrected chi connectivity index (χ3v) is 2.74. The lowest BCUT2D eigenvalue weighted by Crippen LogP contribution is -2.48. The van der Waals surface area contributed by atoms with Gasteiger partial charge < -0.3 is 19.9 Å². The molecule has 1 unspecified atom stereocenters. The Morgan fingerprint density at radius 2 is 2.20 bits per heavy atom. The van der Waals surface area contributed by atoms with Crippen molar-refractivity contribution in [2.75, 3.05) is 26.9 Å². The molecule has 5 nitrogen and oxygen atoms in total. The van der Waals surface area contributed by atoms with Gasteiger partial charge in [0.05, 0.1) is 5.60 Å². The van der Waals surface area contributed by atoms with Gasteiger partial charge in [0.15, 0.2) is 0 Å². The highest BCUT2D eigenvalue weighted by Crippen LogP contribution is 2.19. The van der Waals surface area contributed by atoms with Crippen LogP contribution in [0.1, 0.15) is 19.8 Å². The van der Waals surface area contributed by atoms with Crippen LogP contribution in [0, 0.1) is 0 Å². The second-order valence-electron chi connectivity index (χ2n) is 3.93. The Bertz CT molecular complexity index is 213. The van der Waals surface area contributed by atoms with Crippen LogP contribution >= 0.6 is 0 Å². The number of amides is 1. The second-order valence-corrected chi connectivity index (χ2v) is 3.93. The molecule has 0 aliphatic carbocycles. The highest BCUT2D eigenvalue weighted by Gasteiger charge is 2.30. The molecule has 2 N–H and O–H groups in total. The van der Waals surface area contributed by atoms with Crippen molar-refractivity contribution in [2.45, 2.75) is 31.5 Å². The number of ether oxygens (including phenoxy) is 2. The molecule has 0 aromatic carbocycles. The minimum absolute atomic E-state index is 0.197. The zero-order valence-electron chi connectivity index (χ0n) is 9.28. The van der Waals surface area contributed by atoms with Crippen LogP contribution in [-0.2, 0) is 14.3 Å². The average molecular weight is 217 g/mol. The van der Waals surface area contributed by atoms with Crippen LogP contribution in [0.25, 0.3) is 0 Å². The van der Waals surface area contributed by atoms with Gasteiger partial charge in [0, 0.05) is 39.7 Å². The van der Waals surface area contributed by atoms with Gasteiger partial charge >= 0.3 is 0 Å². The first-order valence-electron chi connectivity index (χ1n) is 5.18. The molecule has 0 aromatic rings. The molecule has 1 fully saturated rings. The van der Waals surface area contributed by atoms with E-state index in [1.807, 2.05) is 0 Å². The van der Waals surface area contributed by atoms with Crippen LogP contribution in [0.2, 0.25) is 0 Å². The predicted molar refractivity (Wildman–Crippen MR) is 54.5 cm³/mol. The Morgan fingerprint density at radius 1 is 1.60 bits per heavy atom. The summed E-state index contributed by atoms with van der Waals surface area (Å²) in [4.78, 5) is 11.4. The molecule has 1 aliphatic heterocycles. The van der Waals surface area contributed by atoms with Crippen molar-refractivity contribution in [1.29, 1.82) is 0 Å². The van der Waals surface area contributed by atoms with E-state index >= 15 is 0 Å². The number of carbonyl (C=O) groups excluding carboxylic acids is 1. The molecular weight excluding hydrogens is 198 g/mol. The Hall–Kier alpha value is -0.650. The van der Waals surface area contributed by atoms with Gasteiger partial charge in [0.2, 0.25) is 5.91 Å². The van der Waals surface area contributed by atoms with E-state index < -0.39 is 11.7 Å². The summed E-state index contributed by atoms with van der Waals surface area (Å²) in [5.41, 5.74) is -0.818. The molecule has 0 spiro atoms. The SMILES string of the molecule is COC(C)C(=O)NCC1(O)CCOCC1. The van der Waals surface area contributed by atoms with Crippen LogP contribution < -0.4 is 5.32 Å². The molecule has 1 rings (SSSR count).